The number of aliphatic hydroxyl groups excluding tert-OH is 2. The molecule has 53 heavy (non-hydrogen) atoms. The van der Waals surface area contributed by atoms with Crippen LogP contribution in [0.15, 0.2) is 111 Å². The van der Waals surface area contributed by atoms with E-state index >= 15 is 0 Å². The number of carbonyl (C=O) groups is 1. The first-order valence-corrected chi connectivity index (χ1v) is 19.8. The molecule has 0 aliphatic heterocycles. The lowest BCUT2D eigenvalue weighted by Crippen LogP contribution is -2.20. The lowest BCUT2D eigenvalue weighted by atomic mass is 10.2. The van der Waals surface area contributed by atoms with E-state index < -0.39 is 0 Å². The molecule has 12 heteroatoms. The lowest BCUT2D eigenvalue weighted by Gasteiger charge is -2.17. The molecule has 0 saturated carbocycles. The van der Waals surface area contributed by atoms with Gasteiger partial charge in [-0.1, -0.05) is 46.3 Å². The number of aliphatic hydroxyl groups is 2. The van der Waals surface area contributed by atoms with Crippen LogP contribution in [0, 0.1) is 6.57 Å². The number of hydrogen-bond donors (Lipinski definition) is 2. The number of carbonyl (C=O) groups excluding carboxylic acids is 1. The molecule has 0 aliphatic rings. The molecule has 4 aromatic carbocycles. The first kappa shape index (κ1) is 37.9. The van der Waals surface area contributed by atoms with Crippen molar-refractivity contribution in [2.75, 3.05) is 50.2 Å². The van der Waals surface area contributed by atoms with Crippen LogP contribution < -0.4 is 9.80 Å². The zero-order chi connectivity index (χ0) is 37.3. The summed E-state index contributed by atoms with van der Waals surface area (Å²) in [5.74, 6) is 0.340. The maximum Gasteiger partial charge on any atom is 0.249 e. The number of rotatable bonds is 9. The molecule has 2 N–H and O–H groups in total. The van der Waals surface area contributed by atoms with Crippen molar-refractivity contribution in [2.24, 2.45) is 0 Å². The molecule has 8 nitrogen and oxygen atoms in total. The minimum Gasteiger partial charge on any atom is -0.447 e. The molecule has 0 atom stereocenters. The Labute approximate surface area is 327 Å². The number of aromatic nitrogens is 1. The SMILES string of the molecule is Brc1ccc2ccsc2c1.CN(CCO)c1ccc2cc(C=O)sc2c1.[C-]#[N+]/C(=C\c1cc2ccc(N(C)CCO)cc2s1)c1nc2ccccc2o1. The second-order valence-corrected chi connectivity index (χ2v) is 16.0. The highest BCUT2D eigenvalue weighted by Crippen LogP contribution is 2.33. The molecule has 0 unspecified atom stereocenters. The van der Waals surface area contributed by atoms with Gasteiger partial charge in [0.25, 0.3) is 0 Å². The Morgan fingerprint density at radius 2 is 1.43 bits per heavy atom. The Morgan fingerprint density at radius 3 is 2.06 bits per heavy atom. The van der Waals surface area contributed by atoms with Crippen LogP contribution in [0.1, 0.15) is 20.4 Å². The van der Waals surface area contributed by atoms with Gasteiger partial charge in [-0.25, -0.2) is 9.83 Å². The van der Waals surface area contributed by atoms with E-state index in [2.05, 4.69) is 73.6 Å². The summed E-state index contributed by atoms with van der Waals surface area (Å²) in [5.41, 5.74) is 3.92. The van der Waals surface area contributed by atoms with Gasteiger partial charge in [-0.15, -0.1) is 34.0 Å². The van der Waals surface area contributed by atoms with Crippen LogP contribution in [-0.4, -0.2) is 61.9 Å². The van der Waals surface area contributed by atoms with E-state index in [4.69, 9.17) is 21.2 Å². The van der Waals surface area contributed by atoms with Gasteiger partial charge in [-0.2, -0.15) is 0 Å². The van der Waals surface area contributed by atoms with Crippen LogP contribution in [0.25, 0.3) is 58.0 Å². The zero-order valence-corrected chi connectivity index (χ0v) is 32.9. The second-order valence-electron chi connectivity index (χ2n) is 11.9. The predicted molar refractivity (Wildman–Crippen MR) is 228 cm³/mol. The summed E-state index contributed by atoms with van der Waals surface area (Å²) in [6.07, 6.45) is 2.70. The second kappa shape index (κ2) is 17.8. The van der Waals surface area contributed by atoms with Crippen LogP contribution in [0.2, 0.25) is 0 Å². The van der Waals surface area contributed by atoms with E-state index in [0.29, 0.717) is 30.3 Å². The normalized spacial score (nSPS) is 11.2. The smallest absolute Gasteiger partial charge is 0.249 e. The average Bonchev–Trinajstić information content (AvgIpc) is 3.98. The van der Waals surface area contributed by atoms with Crippen molar-refractivity contribution in [2.45, 2.75) is 0 Å². The number of fused-ring (bicyclic) bond motifs is 4. The molecule has 0 spiro atoms. The summed E-state index contributed by atoms with van der Waals surface area (Å²) >= 11 is 8.30. The molecule has 4 heterocycles. The minimum absolute atomic E-state index is 0.117. The Hall–Kier alpha value is -4.87. The van der Waals surface area contributed by atoms with E-state index in [9.17, 15) is 4.79 Å². The number of nitrogens with zero attached hydrogens (tertiary/aromatic N) is 4. The van der Waals surface area contributed by atoms with Gasteiger partial charge in [0.05, 0.1) is 24.7 Å². The third kappa shape index (κ3) is 9.39. The van der Waals surface area contributed by atoms with Crippen molar-refractivity contribution in [1.82, 2.24) is 4.98 Å². The number of aldehydes is 1. The van der Waals surface area contributed by atoms with Crippen molar-refractivity contribution >= 4 is 121 Å². The van der Waals surface area contributed by atoms with Gasteiger partial charge in [0.1, 0.15) is 5.52 Å². The number of thiophene rings is 3. The van der Waals surface area contributed by atoms with Crippen LogP contribution in [-0.2, 0) is 0 Å². The van der Waals surface area contributed by atoms with Crippen molar-refractivity contribution < 1.29 is 19.4 Å². The monoisotopic (exact) mass is 822 g/mol. The highest BCUT2D eigenvalue weighted by molar-refractivity contribution is 9.10. The number of benzene rings is 4. The number of halogens is 1. The summed E-state index contributed by atoms with van der Waals surface area (Å²) in [4.78, 5) is 24.4. The predicted octanol–water partition coefficient (Wildman–Crippen LogP) is 10.7. The zero-order valence-electron chi connectivity index (χ0n) is 28.9. The minimum atomic E-state index is 0.117. The molecule has 0 fully saturated rings. The van der Waals surface area contributed by atoms with Crippen molar-refractivity contribution in [1.29, 1.82) is 0 Å². The Morgan fingerprint density at radius 1 is 0.811 bits per heavy atom. The Balaban J connectivity index is 0.000000155. The van der Waals surface area contributed by atoms with Crippen LogP contribution in [0.5, 0.6) is 0 Å². The first-order valence-electron chi connectivity index (χ1n) is 16.5. The summed E-state index contributed by atoms with van der Waals surface area (Å²) in [5, 5.41) is 23.6. The fraction of sp³-hybridized carbons (Fsp3) is 0.146. The van der Waals surface area contributed by atoms with Crippen LogP contribution >= 0.6 is 49.9 Å². The standard InChI is InChI=1S/C21H17N3O2S.C12H13NO2S.C8H5BrS/c1-22-18(21-23-17-5-3-4-6-19(17)26-21)13-16-11-14-7-8-15(12-20(14)27-16)24(2)9-10-25;1-13(4-5-14)10-3-2-9-6-11(8-15)16-12(9)7-10;9-7-2-1-6-3-4-10-8(6)5-7/h3-8,11-13,25H,9-10H2,2H3;2-3,6-8,14H,4-5H2,1H3;1-5H/b18-13-;;. The molecule has 0 bridgehead atoms. The van der Waals surface area contributed by atoms with Gasteiger partial charge >= 0.3 is 0 Å². The molecule has 4 aromatic heterocycles. The van der Waals surface area contributed by atoms with Gasteiger partial charge in [0, 0.05) is 62.0 Å². The van der Waals surface area contributed by atoms with Gasteiger partial charge in [-0.3, -0.25) is 4.79 Å². The molecule has 0 amide bonds. The summed E-state index contributed by atoms with van der Waals surface area (Å²) < 4.78 is 10.5. The summed E-state index contributed by atoms with van der Waals surface area (Å²) in [6, 6.07) is 32.1. The van der Waals surface area contributed by atoms with E-state index in [-0.39, 0.29) is 13.2 Å². The molecule has 0 aliphatic carbocycles. The van der Waals surface area contributed by atoms with Crippen LogP contribution in [0.3, 0.4) is 0 Å². The molecule has 0 radical (unpaired) electrons. The molecular weight excluding hydrogens is 789 g/mol. The molecule has 268 valence electrons. The number of likely N-dealkylation sites (N-methyl/N-ethyl adjacent to an activating group) is 2. The third-order valence-corrected chi connectivity index (χ3v) is 11.7. The molecular formula is C41H35BrN4O4S3. The highest BCUT2D eigenvalue weighted by Gasteiger charge is 2.12. The Bertz CT molecular complexity index is 2530. The molecule has 8 aromatic rings. The average molecular weight is 824 g/mol. The van der Waals surface area contributed by atoms with Crippen molar-refractivity contribution in [3.63, 3.8) is 0 Å². The molecule has 8 rings (SSSR count). The van der Waals surface area contributed by atoms with Crippen molar-refractivity contribution in [3.8, 4) is 0 Å². The fourth-order valence-corrected chi connectivity index (χ4v) is 8.72. The lowest BCUT2D eigenvalue weighted by molar-refractivity contribution is 0.112. The molecule has 0 saturated heterocycles. The van der Waals surface area contributed by atoms with Gasteiger partial charge in [0.15, 0.2) is 11.9 Å². The van der Waals surface area contributed by atoms with E-state index in [0.717, 1.165) is 57.6 Å². The first-order chi connectivity index (χ1) is 25.8. The number of anilines is 2. The fourth-order valence-electron chi connectivity index (χ4n) is 5.43. The van der Waals surface area contributed by atoms with E-state index in [1.54, 1.807) is 22.7 Å². The topological polar surface area (TPSA) is 94.4 Å². The summed E-state index contributed by atoms with van der Waals surface area (Å²) in [7, 11) is 3.89. The largest absolute Gasteiger partial charge is 0.447 e. The van der Waals surface area contributed by atoms with Crippen molar-refractivity contribution in [3.05, 3.63) is 134 Å². The number of para-hydroxylation sites is 2. The Kier molecular flexibility index (Phi) is 12.7. The van der Waals surface area contributed by atoms with Gasteiger partial charge in [0.2, 0.25) is 11.6 Å². The van der Waals surface area contributed by atoms with Crippen LogP contribution in [0.4, 0.5) is 11.4 Å². The van der Waals surface area contributed by atoms with E-state index in [1.807, 2.05) is 84.6 Å². The third-order valence-electron chi connectivity index (χ3n) is 8.24. The quantitative estimate of drug-likeness (QED) is 0.111. The van der Waals surface area contributed by atoms with Gasteiger partial charge in [-0.05, 0) is 94.3 Å². The maximum absolute atomic E-state index is 10.7. The highest BCUT2D eigenvalue weighted by atomic mass is 79.9. The summed E-state index contributed by atoms with van der Waals surface area (Å²) in [6.45, 7) is 8.97. The maximum atomic E-state index is 10.7. The van der Waals surface area contributed by atoms with E-state index in [1.165, 1.54) is 21.4 Å². The van der Waals surface area contributed by atoms with Gasteiger partial charge < -0.3 is 24.4 Å². The number of hydrogen-bond acceptors (Lipinski definition) is 10. The number of oxazole rings is 1.